The van der Waals surface area contributed by atoms with Crippen LogP contribution >= 0.6 is 11.6 Å². The second-order valence-corrected chi connectivity index (χ2v) is 8.23. The monoisotopic (exact) mass is 454 g/mol. The van der Waals surface area contributed by atoms with Gasteiger partial charge in [-0.1, -0.05) is 11.6 Å². The number of nitrogens with one attached hydrogen (secondary N) is 3. The molecule has 0 radical (unpaired) electrons. The van der Waals surface area contributed by atoms with Gasteiger partial charge >= 0.3 is 6.03 Å². The molecule has 2 fully saturated rings. The summed E-state index contributed by atoms with van der Waals surface area (Å²) in [5.41, 5.74) is 0.630. The number of morpholine rings is 1. The first-order valence-electron chi connectivity index (χ1n) is 10.7. The first kappa shape index (κ1) is 23.7. The summed E-state index contributed by atoms with van der Waals surface area (Å²) in [6.45, 7) is 3.59. The van der Waals surface area contributed by atoms with E-state index >= 15 is 0 Å². The minimum absolute atomic E-state index is 0.00479. The number of urea groups is 1. The van der Waals surface area contributed by atoms with Crippen LogP contribution in [0.5, 0.6) is 0 Å². The molecule has 0 saturated carbocycles. The zero-order chi connectivity index (χ0) is 22.1. The highest BCUT2D eigenvalue weighted by molar-refractivity contribution is 6.30. The van der Waals surface area contributed by atoms with Gasteiger partial charge in [-0.3, -0.25) is 9.69 Å². The Balaban J connectivity index is 1.36. The maximum atomic E-state index is 12.3. The maximum Gasteiger partial charge on any atom is 0.319 e. The first-order chi connectivity index (χ1) is 15.0. The Labute approximate surface area is 187 Å². The molecule has 3 amide bonds. The van der Waals surface area contributed by atoms with E-state index in [4.69, 9.17) is 21.1 Å². The third-order valence-corrected chi connectivity index (χ3v) is 5.73. The Kier molecular flexibility index (Phi) is 9.35. The predicted molar refractivity (Wildman–Crippen MR) is 117 cm³/mol. The molecule has 2 aliphatic heterocycles. The van der Waals surface area contributed by atoms with Crippen LogP contribution in [-0.4, -0.2) is 86.2 Å². The van der Waals surface area contributed by atoms with E-state index in [0.29, 0.717) is 49.9 Å². The lowest BCUT2D eigenvalue weighted by Gasteiger charge is -2.36. The SMILES string of the molecule is O=C(CN1CCOCC1)NCC[C@H]1CC[C@H](NC(=O)Nc2ccc(Cl)cc2)[C@H](CO)O1. The number of aliphatic hydroxyl groups is 1. The molecule has 4 N–H and O–H groups in total. The molecule has 0 aromatic heterocycles. The van der Waals surface area contributed by atoms with E-state index in [0.717, 1.165) is 19.5 Å². The number of benzene rings is 1. The van der Waals surface area contributed by atoms with Crippen molar-refractivity contribution in [2.24, 2.45) is 0 Å². The highest BCUT2D eigenvalue weighted by Crippen LogP contribution is 2.22. The normalized spacial score (nSPS) is 24.4. The summed E-state index contributed by atoms with van der Waals surface area (Å²) in [6.07, 6.45) is 1.53. The number of aliphatic hydroxyl groups excluding tert-OH is 1. The quantitative estimate of drug-likeness (QED) is 0.469. The van der Waals surface area contributed by atoms with Crippen molar-refractivity contribution in [3.8, 4) is 0 Å². The van der Waals surface area contributed by atoms with Gasteiger partial charge in [0.2, 0.25) is 5.91 Å². The van der Waals surface area contributed by atoms with Crippen molar-refractivity contribution >= 4 is 29.2 Å². The van der Waals surface area contributed by atoms with Crippen LogP contribution in [0.1, 0.15) is 19.3 Å². The maximum absolute atomic E-state index is 12.3. The van der Waals surface area contributed by atoms with Gasteiger partial charge in [0.1, 0.15) is 6.10 Å². The second-order valence-electron chi connectivity index (χ2n) is 7.80. The van der Waals surface area contributed by atoms with Crippen molar-refractivity contribution in [2.45, 2.75) is 37.5 Å². The Morgan fingerprint density at radius 2 is 1.90 bits per heavy atom. The molecule has 3 atom stereocenters. The van der Waals surface area contributed by atoms with E-state index in [2.05, 4.69) is 20.9 Å². The van der Waals surface area contributed by atoms with E-state index in [9.17, 15) is 14.7 Å². The number of carbonyl (C=O) groups is 2. The largest absolute Gasteiger partial charge is 0.394 e. The van der Waals surface area contributed by atoms with Crippen LogP contribution < -0.4 is 16.0 Å². The summed E-state index contributed by atoms with van der Waals surface area (Å²) in [6, 6.07) is 6.18. The lowest BCUT2D eigenvalue weighted by molar-refractivity contribution is -0.123. The average Bonchev–Trinajstić information content (AvgIpc) is 2.77. The van der Waals surface area contributed by atoms with Crippen LogP contribution in [0, 0.1) is 0 Å². The van der Waals surface area contributed by atoms with Crippen molar-refractivity contribution in [1.29, 1.82) is 0 Å². The Bertz CT molecular complexity index is 714. The summed E-state index contributed by atoms with van der Waals surface area (Å²) in [7, 11) is 0. The van der Waals surface area contributed by atoms with Crippen molar-refractivity contribution in [3.63, 3.8) is 0 Å². The van der Waals surface area contributed by atoms with Gasteiger partial charge in [-0.05, 0) is 43.5 Å². The van der Waals surface area contributed by atoms with Crippen LogP contribution in [0.4, 0.5) is 10.5 Å². The van der Waals surface area contributed by atoms with Crippen molar-refractivity contribution < 1.29 is 24.2 Å². The molecule has 0 aliphatic carbocycles. The molecule has 1 aromatic rings. The molecule has 0 spiro atoms. The third kappa shape index (κ3) is 7.93. The number of hydrogen-bond donors (Lipinski definition) is 4. The number of nitrogens with zero attached hydrogens (tertiary/aromatic N) is 1. The molecule has 1 aromatic carbocycles. The summed E-state index contributed by atoms with van der Waals surface area (Å²) >= 11 is 5.85. The van der Waals surface area contributed by atoms with Crippen LogP contribution in [-0.2, 0) is 14.3 Å². The summed E-state index contributed by atoms with van der Waals surface area (Å²) in [5, 5.41) is 18.9. The molecule has 0 unspecified atom stereocenters. The van der Waals surface area contributed by atoms with E-state index < -0.39 is 6.10 Å². The molecule has 3 rings (SSSR count). The number of rotatable bonds is 8. The van der Waals surface area contributed by atoms with Gasteiger partial charge in [0, 0.05) is 30.3 Å². The number of amides is 3. The minimum Gasteiger partial charge on any atom is -0.394 e. The molecule has 31 heavy (non-hydrogen) atoms. The van der Waals surface area contributed by atoms with Crippen LogP contribution in [0.25, 0.3) is 0 Å². The highest BCUT2D eigenvalue weighted by atomic mass is 35.5. The summed E-state index contributed by atoms with van der Waals surface area (Å²) in [4.78, 5) is 26.4. The molecule has 10 heteroatoms. The van der Waals surface area contributed by atoms with Crippen molar-refractivity contribution in [2.75, 3.05) is 51.3 Å². The lowest BCUT2D eigenvalue weighted by Crippen LogP contribution is -2.52. The van der Waals surface area contributed by atoms with Crippen LogP contribution in [0.2, 0.25) is 5.02 Å². The molecule has 9 nitrogen and oxygen atoms in total. The average molecular weight is 455 g/mol. The number of hydrogen-bond acceptors (Lipinski definition) is 6. The van der Waals surface area contributed by atoms with Gasteiger partial charge in [0.25, 0.3) is 0 Å². The number of carbonyl (C=O) groups excluding carboxylic acids is 2. The van der Waals surface area contributed by atoms with Gasteiger partial charge in [-0.25, -0.2) is 4.79 Å². The van der Waals surface area contributed by atoms with Gasteiger partial charge in [0.05, 0.1) is 38.5 Å². The Morgan fingerprint density at radius 3 is 2.61 bits per heavy atom. The number of halogens is 1. The number of anilines is 1. The molecule has 2 heterocycles. The van der Waals surface area contributed by atoms with E-state index in [-0.39, 0.29) is 30.7 Å². The first-order valence-corrected chi connectivity index (χ1v) is 11.1. The van der Waals surface area contributed by atoms with Gasteiger partial charge in [-0.15, -0.1) is 0 Å². The fraction of sp³-hybridized carbons (Fsp3) is 0.619. The zero-order valence-corrected chi connectivity index (χ0v) is 18.3. The van der Waals surface area contributed by atoms with E-state index in [1.165, 1.54) is 0 Å². The fourth-order valence-corrected chi connectivity index (χ4v) is 3.89. The van der Waals surface area contributed by atoms with Gasteiger partial charge in [-0.2, -0.15) is 0 Å². The van der Waals surface area contributed by atoms with E-state index in [1.54, 1.807) is 24.3 Å². The lowest BCUT2D eigenvalue weighted by atomic mass is 9.97. The van der Waals surface area contributed by atoms with E-state index in [1.807, 2.05) is 0 Å². The fourth-order valence-electron chi connectivity index (χ4n) is 3.77. The standard InChI is InChI=1S/C21H31ClN4O5/c22-15-1-3-16(4-2-15)24-21(29)25-18-6-5-17(31-19(18)14-27)7-8-23-20(28)13-26-9-11-30-12-10-26/h1-4,17-19,27H,5-14H2,(H,23,28)(H2,24,25,29)/t17-,18+,19+/m1/s1. The predicted octanol–water partition coefficient (Wildman–Crippen LogP) is 1.21. The topological polar surface area (TPSA) is 112 Å². The second kappa shape index (κ2) is 12.2. The third-order valence-electron chi connectivity index (χ3n) is 5.47. The van der Waals surface area contributed by atoms with Crippen LogP contribution in [0.3, 0.4) is 0 Å². The zero-order valence-electron chi connectivity index (χ0n) is 17.5. The number of ether oxygens (including phenoxy) is 2. The Hall–Kier alpha value is -1.91. The summed E-state index contributed by atoms with van der Waals surface area (Å²) in [5.74, 6) is -0.00479. The molecule has 0 bridgehead atoms. The minimum atomic E-state index is -0.487. The van der Waals surface area contributed by atoms with Crippen LogP contribution in [0.15, 0.2) is 24.3 Å². The van der Waals surface area contributed by atoms with Crippen molar-refractivity contribution in [1.82, 2.24) is 15.5 Å². The van der Waals surface area contributed by atoms with Gasteiger partial charge < -0.3 is 30.5 Å². The molecular weight excluding hydrogens is 424 g/mol. The smallest absolute Gasteiger partial charge is 0.319 e. The molecule has 2 saturated heterocycles. The molecule has 172 valence electrons. The molecule has 2 aliphatic rings. The molecular formula is C21H31ClN4O5. The highest BCUT2D eigenvalue weighted by Gasteiger charge is 2.31. The Morgan fingerprint density at radius 1 is 1.16 bits per heavy atom. The van der Waals surface area contributed by atoms with Crippen molar-refractivity contribution in [3.05, 3.63) is 29.3 Å². The summed E-state index contributed by atoms with van der Waals surface area (Å²) < 4.78 is 11.2. The van der Waals surface area contributed by atoms with Gasteiger partial charge in [0.15, 0.2) is 0 Å².